The van der Waals surface area contributed by atoms with Gasteiger partial charge in [0.15, 0.2) is 5.69 Å². The fraction of sp³-hybridized carbons (Fsp3) is 0.542. The lowest BCUT2D eigenvalue weighted by molar-refractivity contribution is -0.117. The molecule has 0 radical (unpaired) electrons. The van der Waals surface area contributed by atoms with Gasteiger partial charge in [-0.05, 0) is 44.2 Å². The second-order valence-corrected chi connectivity index (χ2v) is 9.40. The van der Waals surface area contributed by atoms with Gasteiger partial charge in [-0.2, -0.15) is 0 Å². The van der Waals surface area contributed by atoms with E-state index in [9.17, 15) is 14.4 Å². The van der Waals surface area contributed by atoms with Crippen molar-refractivity contribution in [3.05, 3.63) is 50.7 Å². The van der Waals surface area contributed by atoms with Crippen LogP contribution in [0.5, 0.6) is 0 Å². The molecule has 176 valence electrons. The number of rotatable bonds is 9. The molecule has 0 bridgehead atoms. The second kappa shape index (κ2) is 10.5. The highest BCUT2D eigenvalue weighted by atomic mass is 16.2. The molecule has 0 fully saturated rings. The Morgan fingerprint density at radius 1 is 1.06 bits per heavy atom. The van der Waals surface area contributed by atoms with E-state index in [0.29, 0.717) is 13.1 Å². The SMILES string of the molecule is Cc1ccccc1N(CC(=O)N(CC(C)C)c1c(N)n(CC(C)C)c(=O)[nH]c1=O)C(C)C. The Morgan fingerprint density at radius 3 is 2.22 bits per heavy atom. The molecule has 0 unspecified atom stereocenters. The van der Waals surface area contributed by atoms with Crippen LogP contribution < -0.4 is 26.8 Å². The standard InChI is InChI=1S/C24H37N5O3/c1-15(2)12-28(21-22(25)29(13-16(3)4)24(32)26-23(21)31)20(30)14-27(17(5)6)19-11-9-8-10-18(19)7/h8-11,15-17H,12-14,25H2,1-7H3,(H,26,31,32). The minimum Gasteiger partial charge on any atom is -0.383 e. The number of anilines is 3. The average molecular weight is 444 g/mol. The fourth-order valence-corrected chi connectivity index (χ4v) is 3.73. The molecular formula is C24H37N5O3. The predicted molar refractivity (Wildman–Crippen MR) is 131 cm³/mol. The van der Waals surface area contributed by atoms with E-state index >= 15 is 0 Å². The summed E-state index contributed by atoms with van der Waals surface area (Å²) in [6, 6.07) is 7.96. The van der Waals surface area contributed by atoms with Gasteiger partial charge in [0.05, 0.1) is 6.54 Å². The Balaban J connectivity index is 2.55. The number of carbonyl (C=O) groups is 1. The van der Waals surface area contributed by atoms with E-state index in [2.05, 4.69) is 4.98 Å². The van der Waals surface area contributed by atoms with Crippen molar-refractivity contribution >= 4 is 23.1 Å². The van der Waals surface area contributed by atoms with E-state index in [-0.39, 0.29) is 41.8 Å². The number of nitrogens with zero attached hydrogens (tertiary/aromatic N) is 3. The van der Waals surface area contributed by atoms with Crippen molar-refractivity contribution < 1.29 is 4.79 Å². The van der Waals surface area contributed by atoms with Crippen LogP contribution in [0.2, 0.25) is 0 Å². The number of nitrogens with one attached hydrogen (secondary N) is 1. The predicted octanol–water partition coefficient (Wildman–Crippen LogP) is 2.99. The van der Waals surface area contributed by atoms with Crippen LogP contribution in [0.4, 0.5) is 17.2 Å². The Morgan fingerprint density at radius 2 is 1.69 bits per heavy atom. The van der Waals surface area contributed by atoms with E-state index in [1.807, 2.05) is 77.6 Å². The molecule has 8 nitrogen and oxygen atoms in total. The molecule has 0 aliphatic carbocycles. The molecule has 0 atom stereocenters. The first-order valence-electron chi connectivity index (χ1n) is 11.2. The summed E-state index contributed by atoms with van der Waals surface area (Å²) >= 11 is 0. The molecular weight excluding hydrogens is 406 g/mol. The van der Waals surface area contributed by atoms with Crippen LogP contribution in [0.25, 0.3) is 0 Å². The number of para-hydroxylation sites is 1. The van der Waals surface area contributed by atoms with Crippen molar-refractivity contribution in [2.45, 2.75) is 61.1 Å². The number of hydrogen-bond donors (Lipinski definition) is 2. The zero-order chi connectivity index (χ0) is 24.2. The van der Waals surface area contributed by atoms with Crippen molar-refractivity contribution in [1.29, 1.82) is 0 Å². The Hall–Kier alpha value is -3.03. The number of nitrogens with two attached hydrogens (primary N) is 1. The van der Waals surface area contributed by atoms with Crippen LogP contribution in [-0.4, -0.2) is 34.6 Å². The van der Waals surface area contributed by atoms with Gasteiger partial charge in [0.1, 0.15) is 5.82 Å². The third kappa shape index (κ3) is 5.81. The molecule has 32 heavy (non-hydrogen) atoms. The van der Waals surface area contributed by atoms with Gasteiger partial charge >= 0.3 is 5.69 Å². The van der Waals surface area contributed by atoms with Crippen molar-refractivity contribution in [3.63, 3.8) is 0 Å². The fourth-order valence-electron chi connectivity index (χ4n) is 3.73. The zero-order valence-electron chi connectivity index (χ0n) is 20.3. The first-order chi connectivity index (χ1) is 14.9. The molecule has 1 amide bonds. The lowest BCUT2D eigenvalue weighted by Crippen LogP contribution is -2.48. The van der Waals surface area contributed by atoms with Crippen LogP contribution in [0, 0.1) is 18.8 Å². The highest BCUT2D eigenvalue weighted by molar-refractivity contribution is 5.98. The quantitative estimate of drug-likeness (QED) is 0.620. The molecule has 2 rings (SSSR count). The molecule has 0 saturated carbocycles. The van der Waals surface area contributed by atoms with Gasteiger partial charge in [0.2, 0.25) is 5.91 Å². The summed E-state index contributed by atoms with van der Waals surface area (Å²) in [7, 11) is 0. The van der Waals surface area contributed by atoms with E-state index in [0.717, 1.165) is 11.3 Å². The third-order valence-electron chi connectivity index (χ3n) is 5.23. The van der Waals surface area contributed by atoms with Crippen LogP contribution in [0.1, 0.15) is 47.1 Å². The first kappa shape index (κ1) is 25.2. The van der Waals surface area contributed by atoms with Gasteiger partial charge in [0.25, 0.3) is 5.56 Å². The number of H-pyrrole nitrogens is 1. The number of carbonyl (C=O) groups excluding carboxylic acids is 1. The lowest BCUT2D eigenvalue weighted by Gasteiger charge is -2.33. The maximum Gasteiger partial charge on any atom is 0.330 e. The molecule has 0 spiro atoms. The molecule has 0 aliphatic rings. The molecule has 1 aromatic heterocycles. The monoisotopic (exact) mass is 443 g/mol. The van der Waals surface area contributed by atoms with Gasteiger partial charge in [-0.25, -0.2) is 4.79 Å². The van der Waals surface area contributed by atoms with Gasteiger partial charge < -0.3 is 15.5 Å². The summed E-state index contributed by atoms with van der Waals surface area (Å²) in [6.45, 7) is 14.6. The van der Waals surface area contributed by atoms with Crippen molar-refractivity contribution in [1.82, 2.24) is 9.55 Å². The number of aromatic nitrogens is 2. The summed E-state index contributed by atoms with van der Waals surface area (Å²) in [5.74, 6) is 0.00529. The van der Waals surface area contributed by atoms with Crippen LogP contribution in [0.15, 0.2) is 33.9 Å². The van der Waals surface area contributed by atoms with E-state index in [4.69, 9.17) is 5.73 Å². The molecule has 0 aliphatic heterocycles. The van der Waals surface area contributed by atoms with Crippen LogP contribution >= 0.6 is 0 Å². The highest BCUT2D eigenvalue weighted by Crippen LogP contribution is 2.24. The topological polar surface area (TPSA) is 104 Å². The summed E-state index contributed by atoms with van der Waals surface area (Å²) in [5, 5.41) is 0. The Bertz CT molecular complexity index is 1050. The van der Waals surface area contributed by atoms with Crippen LogP contribution in [0.3, 0.4) is 0 Å². The summed E-state index contributed by atoms with van der Waals surface area (Å²) in [5.41, 5.74) is 7.17. The second-order valence-electron chi connectivity index (χ2n) is 9.40. The van der Waals surface area contributed by atoms with E-state index in [1.54, 1.807) is 0 Å². The average Bonchev–Trinajstić information content (AvgIpc) is 2.68. The number of amides is 1. The molecule has 0 saturated heterocycles. The number of nitrogen functional groups attached to an aromatic ring is 1. The van der Waals surface area contributed by atoms with Gasteiger partial charge in [0, 0.05) is 24.8 Å². The number of aromatic amines is 1. The van der Waals surface area contributed by atoms with Crippen molar-refractivity contribution in [2.75, 3.05) is 28.6 Å². The molecule has 1 aromatic carbocycles. The molecule has 8 heteroatoms. The molecule has 1 heterocycles. The zero-order valence-corrected chi connectivity index (χ0v) is 20.3. The van der Waals surface area contributed by atoms with Gasteiger partial charge in [-0.3, -0.25) is 19.1 Å². The maximum absolute atomic E-state index is 13.6. The number of aryl methyl sites for hydroxylation is 1. The molecule has 3 N–H and O–H groups in total. The number of benzene rings is 1. The smallest absolute Gasteiger partial charge is 0.330 e. The molecule has 2 aromatic rings. The largest absolute Gasteiger partial charge is 0.383 e. The normalized spacial score (nSPS) is 11.4. The van der Waals surface area contributed by atoms with E-state index in [1.165, 1.54) is 9.47 Å². The highest BCUT2D eigenvalue weighted by Gasteiger charge is 2.27. The summed E-state index contributed by atoms with van der Waals surface area (Å²) in [6.07, 6.45) is 0. The lowest BCUT2D eigenvalue weighted by atomic mass is 10.1. The summed E-state index contributed by atoms with van der Waals surface area (Å²) < 4.78 is 1.34. The maximum atomic E-state index is 13.6. The Kier molecular flexibility index (Phi) is 8.30. The Labute approximate surface area is 190 Å². The van der Waals surface area contributed by atoms with Crippen LogP contribution in [-0.2, 0) is 11.3 Å². The van der Waals surface area contributed by atoms with Crippen molar-refractivity contribution in [3.8, 4) is 0 Å². The van der Waals surface area contributed by atoms with Crippen molar-refractivity contribution in [2.24, 2.45) is 11.8 Å². The minimum absolute atomic E-state index is 0.0217. The summed E-state index contributed by atoms with van der Waals surface area (Å²) in [4.78, 5) is 44.6. The minimum atomic E-state index is -0.645. The number of hydrogen-bond acceptors (Lipinski definition) is 5. The van der Waals surface area contributed by atoms with Gasteiger partial charge in [-0.1, -0.05) is 45.9 Å². The van der Waals surface area contributed by atoms with E-state index < -0.39 is 11.2 Å². The van der Waals surface area contributed by atoms with Gasteiger partial charge in [-0.15, -0.1) is 0 Å². The third-order valence-corrected chi connectivity index (χ3v) is 5.23. The first-order valence-corrected chi connectivity index (χ1v) is 11.2.